The van der Waals surface area contributed by atoms with E-state index in [1.807, 2.05) is 0 Å². The van der Waals surface area contributed by atoms with Gasteiger partial charge in [0.15, 0.2) is 11.6 Å². The molecule has 14 nitrogen and oxygen atoms in total. The minimum atomic E-state index is -0.502. The zero-order valence-electron chi connectivity index (χ0n) is 25.5. The van der Waals surface area contributed by atoms with Gasteiger partial charge < -0.3 is 40.1 Å². The van der Waals surface area contributed by atoms with E-state index in [0.717, 1.165) is 0 Å². The summed E-state index contributed by atoms with van der Waals surface area (Å²) in [7, 11) is 1.61. The number of nitrogens with two attached hydrogens (primary N) is 1. The van der Waals surface area contributed by atoms with E-state index in [-0.39, 0.29) is 48.6 Å². The number of nitrogens with one attached hydrogen (secondary N) is 2. The molecule has 2 aromatic rings. The Kier molecular flexibility index (Phi) is 17.7. The molecule has 2 amide bonds. The highest BCUT2D eigenvalue weighted by Crippen LogP contribution is 2.30. The van der Waals surface area contributed by atoms with Crippen LogP contribution in [0.3, 0.4) is 0 Å². The van der Waals surface area contributed by atoms with Crippen molar-refractivity contribution in [3.8, 4) is 5.75 Å². The lowest BCUT2D eigenvalue weighted by Crippen LogP contribution is -2.33. The number of aromatic nitrogens is 1. The number of carbonyl (C=O) groups excluding carboxylic acids is 3. The third-order valence-corrected chi connectivity index (χ3v) is 5.51. The van der Waals surface area contributed by atoms with E-state index in [4.69, 9.17) is 29.4 Å². The Bertz CT molecular complexity index is 1350. The predicted molar refractivity (Wildman–Crippen MR) is 169 cm³/mol. The summed E-state index contributed by atoms with van der Waals surface area (Å²) in [6.45, 7) is 7.74. The van der Waals surface area contributed by atoms with Gasteiger partial charge in [-0.3, -0.25) is 14.4 Å². The van der Waals surface area contributed by atoms with Gasteiger partial charge in [-0.25, -0.2) is 4.98 Å². The van der Waals surface area contributed by atoms with Crippen molar-refractivity contribution < 1.29 is 38.1 Å². The van der Waals surface area contributed by atoms with Crippen molar-refractivity contribution in [2.75, 3.05) is 71.0 Å². The highest BCUT2D eigenvalue weighted by atomic mass is 16.6. The predicted octanol–water partition coefficient (Wildman–Crippen LogP) is 3.81. The third-order valence-electron chi connectivity index (χ3n) is 5.51. The molecule has 1 heterocycles. The first kappa shape index (κ1) is 36.4. The average molecular weight is 625 g/mol. The number of anilines is 2. The van der Waals surface area contributed by atoms with Crippen LogP contribution in [0.1, 0.15) is 13.3 Å². The van der Waals surface area contributed by atoms with Gasteiger partial charge in [0.2, 0.25) is 11.8 Å². The SMILES string of the molecule is C=C/C=C\C=C(/C)C(=O)NCC(=O)Nc1ccc(/N=N/c2ccccc2OC(=O)CCOCCOCCOCCOC)c(N)n1. The summed E-state index contributed by atoms with van der Waals surface area (Å²) < 4.78 is 26.4. The van der Waals surface area contributed by atoms with Gasteiger partial charge in [0.25, 0.3) is 0 Å². The molecular formula is C31H40N6O8. The van der Waals surface area contributed by atoms with Crippen LogP contribution in [0.15, 0.2) is 83.1 Å². The molecule has 0 unspecified atom stereocenters. The lowest BCUT2D eigenvalue weighted by atomic mass is 10.2. The molecule has 1 aromatic carbocycles. The molecule has 0 radical (unpaired) electrons. The molecule has 0 spiro atoms. The molecule has 0 aliphatic rings. The smallest absolute Gasteiger partial charge is 0.313 e. The summed E-state index contributed by atoms with van der Waals surface area (Å²) in [5.41, 5.74) is 6.96. The van der Waals surface area contributed by atoms with Gasteiger partial charge in [-0.2, -0.15) is 0 Å². The Morgan fingerprint density at radius 2 is 1.58 bits per heavy atom. The molecule has 0 aliphatic carbocycles. The number of methoxy groups -OCH3 is 1. The summed E-state index contributed by atoms with van der Waals surface area (Å²) in [4.78, 5) is 40.8. The number of azo groups is 1. The van der Waals surface area contributed by atoms with Gasteiger partial charge in [-0.05, 0) is 31.2 Å². The number of ether oxygens (including phenoxy) is 5. The maximum atomic E-state index is 12.3. The maximum Gasteiger partial charge on any atom is 0.313 e. The highest BCUT2D eigenvalue weighted by Gasteiger charge is 2.11. The molecule has 0 saturated carbocycles. The number of carbonyl (C=O) groups is 3. The minimum Gasteiger partial charge on any atom is -0.424 e. The summed E-state index contributed by atoms with van der Waals surface area (Å²) in [6, 6.07) is 9.63. The first-order chi connectivity index (χ1) is 21.8. The van der Waals surface area contributed by atoms with Crippen LogP contribution in [0, 0.1) is 0 Å². The fourth-order valence-electron chi connectivity index (χ4n) is 3.21. The molecule has 4 N–H and O–H groups in total. The quantitative estimate of drug-likeness (QED) is 0.0461. The second-order valence-electron chi connectivity index (χ2n) is 9.02. The standard InChI is InChI=1S/C31H40N6O8/c1-4-5-6-9-23(2)31(40)33-22-28(38)34-27-13-12-25(30(32)35-27)37-36-24-10-7-8-11-26(24)45-29(39)14-15-42-18-19-44-21-20-43-17-16-41-3/h4-13H,1,14-22H2,2-3H3,(H,33,40)(H3,32,34,35,38)/b6-5-,23-9+,37-36+. The Hall–Kier alpha value is -4.76. The van der Waals surface area contributed by atoms with E-state index in [1.54, 1.807) is 62.6 Å². The summed E-state index contributed by atoms with van der Waals surface area (Å²) in [5.74, 6) is -1.00. The number of rotatable bonds is 21. The van der Waals surface area contributed by atoms with E-state index >= 15 is 0 Å². The number of nitrogen functional groups attached to an aromatic ring is 1. The van der Waals surface area contributed by atoms with Gasteiger partial charge >= 0.3 is 5.97 Å². The Labute approximate surface area is 262 Å². The second kappa shape index (κ2) is 21.9. The lowest BCUT2D eigenvalue weighted by Gasteiger charge is -2.08. The van der Waals surface area contributed by atoms with Crippen LogP contribution in [-0.2, 0) is 33.3 Å². The Morgan fingerprint density at radius 3 is 2.27 bits per heavy atom. The van der Waals surface area contributed by atoms with Crippen LogP contribution in [0.25, 0.3) is 0 Å². The van der Waals surface area contributed by atoms with Crippen molar-refractivity contribution in [3.05, 3.63) is 72.9 Å². The van der Waals surface area contributed by atoms with Crippen molar-refractivity contribution >= 4 is 40.8 Å². The Morgan fingerprint density at radius 1 is 0.911 bits per heavy atom. The number of esters is 1. The van der Waals surface area contributed by atoms with Crippen LogP contribution >= 0.6 is 0 Å². The molecule has 0 bridgehead atoms. The maximum absolute atomic E-state index is 12.3. The van der Waals surface area contributed by atoms with Crippen molar-refractivity contribution in [1.82, 2.24) is 10.3 Å². The zero-order chi connectivity index (χ0) is 32.7. The zero-order valence-corrected chi connectivity index (χ0v) is 25.5. The molecule has 0 fully saturated rings. The Balaban J connectivity index is 1.79. The van der Waals surface area contributed by atoms with Crippen LogP contribution in [-0.4, -0.2) is 82.7 Å². The van der Waals surface area contributed by atoms with Crippen LogP contribution in [0.4, 0.5) is 23.0 Å². The molecule has 242 valence electrons. The van der Waals surface area contributed by atoms with Crippen LogP contribution < -0.4 is 21.1 Å². The van der Waals surface area contributed by atoms with Crippen LogP contribution in [0.2, 0.25) is 0 Å². The normalized spacial score (nSPS) is 11.6. The first-order valence-electron chi connectivity index (χ1n) is 14.1. The van der Waals surface area contributed by atoms with Crippen molar-refractivity contribution in [3.63, 3.8) is 0 Å². The number of hydrogen-bond donors (Lipinski definition) is 3. The molecular weight excluding hydrogens is 584 g/mol. The topological polar surface area (TPSA) is 185 Å². The van der Waals surface area contributed by atoms with Gasteiger partial charge in [0.1, 0.15) is 17.2 Å². The monoisotopic (exact) mass is 624 g/mol. The van der Waals surface area contributed by atoms with Gasteiger partial charge in [0, 0.05) is 12.7 Å². The molecule has 45 heavy (non-hydrogen) atoms. The van der Waals surface area contributed by atoms with Gasteiger partial charge in [-0.15, -0.1) is 10.2 Å². The number of nitrogens with zero attached hydrogens (tertiary/aromatic N) is 3. The van der Waals surface area contributed by atoms with Crippen molar-refractivity contribution in [2.45, 2.75) is 13.3 Å². The number of para-hydroxylation sites is 1. The molecule has 1 aromatic heterocycles. The fourth-order valence-corrected chi connectivity index (χ4v) is 3.21. The first-order valence-corrected chi connectivity index (χ1v) is 14.1. The van der Waals surface area contributed by atoms with Gasteiger partial charge in [-0.1, -0.05) is 43.0 Å². The minimum absolute atomic E-state index is 0.00240. The summed E-state index contributed by atoms with van der Waals surface area (Å²) >= 11 is 0. The molecule has 0 saturated heterocycles. The average Bonchev–Trinajstić information content (AvgIpc) is 3.02. The van der Waals surface area contributed by atoms with E-state index in [2.05, 4.69) is 32.4 Å². The van der Waals surface area contributed by atoms with Crippen molar-refractivity contribution in [2.24, 2.45) is 10.2 Å². The molecule has 2 rings (SSSR count). The number of hydrogen-bond acceptors (Lipinski definition) is 12. The van der Waals surface area contributed by atoms with E-state index in [0.29, 0.717) is 50.9 Å². The number of amides is 2. The second-order valence-corrected chi connectivity index (χ2v) is 9.02. The molecule has 14 heteroatoms. The molecule has 0 atom stereocenters. The third kappa shape index (κ3) is 15.5. The number of pyridine rings is 1. The highest BCUT2D eigenvalue weighted by molar-refractivity contribution is 5.98. The number of allylic oxidation sites excluding steroid dienone is 4. The van der Waals surface area contributed by atoms with Crippen LogP contribution in [0.5, 0.6) is 5.75 Å². The van der Waals surface area contributed by atoms with Gasteiger partial charge in [0.05, 0.1) is 59.2 Å². The summed E-state index contributed by atoms with van der Waals surface area (Å²) in [5, 5.41) is 13.3. The van der Waals surface area contributed by atoms with E-state index < -0.39 is 11.9 Å². The lowest BCUT2D eigenvalue weighted by molar-refractivity contribution is -0.135. The fraction of sp³-hybridized carbons (Fsp3) is 0.355. The van der Waals surface area contributed by atoms with Crippen molar-refractivity contribution in [1.29, 1.82) is 0 Å². The van der Waals surface area contributed by atoms with E-state index in [1.165, 1.54) is 12.1 Å². The number of benzene rings is 1. The largest absolute Gasteiger partial charge is 0.424 e. The van der Waals surface area contributed by atoms with E-state index in [9.17, 15) is 14.4 Å². The molecule has 0 aliphatic heterocycles. The summed E-state index contributed by atoms with van der Waals surface area (Å²) in [6.07, 6.45) is 6.56.